The topological polar surface area (TPSA) is 153 Å². The van der Waals surface area contributed by atoms with Gasteiger partial charge in [0.2, 0.25) is 5.71 Å². The molecular weight excluding hydrogens is 457 g/mol. The molecule has 0 saturated heterocycles. The second-order valence-corrected chi connectivity index (χ2v) is 6.63. The molecule has 0 radical (unpaired) electrons. The number of aromatic nitrogens is 8. The zero-order valence-electron chi connectivity index (χ0n) is 16.6. The molecule has 0 atom stereocenters. The van der Waals surface area contributed by atoms with E-state index in [1.54, 1.807) is 0 Å². The molecule has 0 spiro atoms. The maximum absolute atomic E-state index is 14.0. The Hall–Kier alpha value is -5.13. The number of nitrogens with one attached hydrogen (secondary N) is 1. The van der Waals surface area contributed by atoms with Gasteiger partial charge >= 0.3 is 6.18 Å². The fourth-order valence-corrected chi connectivity index (χ4v) is 3.18. The summed E-state index contributed by atoms with van der Waals surface area (Å²) in [4.78, 5) is 25.6. The number of rotatable bonds is 4. The Bertz CT molecular complexity index is 1560. The Balaban J connectivity index is 1.53. The van der Waals surface area contributed by atoms with Gasteiger partial charge in [-0.1, -0.05) is 0 Å². The highest BCUT2D eigenvalue weighted by molar-refractivity contribution is 6.05. The number of pyridine rings is 1. The Labute approximate surface area is 186 Å². The first-order valence-corrected chi connectivity index (χ1v) is 9.29. The summed E-state index contributed by atoms with van der Waals surface area (Å²) < 4.78 is 47.6. The Morgan fingerprint density at radius 2 is 1.88 bits per heavy atom. The molecule has 0 saturated carbocycles. The summed E-state index contributed by atoms with van der Waals surface area (Å²) in [6, 6.07) is 4.50. The van der Waals surface area contributed by atoms with Gasteiger partial charge in [-0.3, -0.25) is 4.79 Å². The van der Waals surface area contributed by atoms with Crippen molar-refractivity contribution in [2.75, 3.05) is 5.32 Å². The number of alkyl halides is 3. The zero-order chi connectivity index (χ0) is 23.9. The Kier molecular flexibility index (Phi) is 4.75. The van der Waals surface area contributed by atoms with Crippen molar-refractivity contribution in [1.82, 2.24) is 39.7 Å². The summed E-state index contributed by atoms with van der Waals surface area (Å²) in [7, 11) is 0. The molecule has 0 aromatic carbocycles. The number of furan rings is 1. The minimum Gasteiger partial charge on any atom is -0.446 e. The summed E-state index contributed by atoms with van der Waals surface area (Å²) in [5, 5.41) is 23.4. The van der Waals surface area contributed by atoms with E-state index in [-0.39, 0.29) is 34.0 Å². The smallest absolute Gasteiger partial charge is 0.434 e. The number of fused-ring (bicyclic) bond motifs is 1. The van der Waals surface area contributed by atoms with Gasteiger partial charge < -0.3 is 9.73 Å². The number of nitrogens with zero attached hydrogens (tertiary/aromatic N) is 9. The molecule has 0 unspecified atom stereocenters. The van der Waals surface area contributed by atoms with E-state index >= 15 is 0 Å². The van der Waals surface area contributed by atoms with Gasteiger partial charge in [-0.2, -0.15) is 33.7 Å². The van der Waals surface area contributed by atoms with Crippen molar-refractivity contribution in [2.24, 2.45) is 0 Å². The first-order chi connectivity index (χ1) is 16.4. The van der Waals surface area contributed by atoms with Crippen molar-refractivity contribution in [3.05, 3.63) is 66.3 Å². The van der Waals surface area contributed by atoms with Crippen LogP contribution in [-0.4, -0.2) is 45.6 Å². The molecule has 5 aromatic rings. The summed E-state index contributed by atoms with van der Waals surface area (Å²) in [6.45, 7) is 0. The first kappa shape index (κ1) is 20.8. The minimum atomic E-state index is -4.96. The van der Waals surface area contributed by atoms with Crippen molar-refractivity contribution in [3.8, 4) is 17.7 Å². The number of hydrogen-bond donors (Lipinski definition) is 1. The summed E-state index contributed by atoms with van der Waals surface area (Å²) in [6.07, 6.45) is 1.99. The van der Waals surface area contributed by atoms with Gasteiger partial charge in [0, 0.05) is 0 Å². The molecule has 0 aliphatic heterocycles. The predicted molar refractivity (Wildman–Crippen MR) is 106 cm³/mol. The number of halogens is 3. The van der Waals surface area contributed by atoms with Gasteiger partial charge in [0.05, 0.1) is 47.7 Å². The number of carbonyl (C=O) groups excluding carboxylic acids is 1. The van der Waals surface area contributed by atoms with E-state index in [1.807, 2.05) is 6.07 Å². The molecule has 0 aliphatic carbocycles. The minimum absolute atomic E-state index is 0.0101. The van der Waals surface area contributed by atoms with Crippen LogP contribution in [0.25, 0.3) is 22.7 Å². The van der Waals surface area contributed by atoms with Crippen LogP contribution >= 0.6 is 0 Å². The van der Waals surface area contributed by atoms with Crippen LogP contribution in [0.2, 0.25) is 0 Å². The quantitative estimate of drug-likeness (QED) is 0.421. The van der Waals surface area contributed by atoms with Crippen molar-refractivity contribution in [3.63, 3.8) is 0 Å². The highest BCUT2D eigenvalue weighted by Gasteiger charge is 2.41. The van der Waals surface area contributed by atoms with Gasteiger partial charge in [0.1, 0.15) is 18.0 Å². The average molecular weight is 466 g/mol. The molecule has 1 N–H and O–H groups in total. The zero-order valence-corrected chi connectivity index (χ0v) is 16.6. The lowest BCUT2D eigenvalue weighted by Gasteiger charge is -2.13. The van der Waals surface area contributed by atoms with E-state index in [2.05, 4.69) is 35.6 Å². The molecule has 0 fully saturated rings. The van der Waals surface area contributed by atoms with E-state index in [0.29, 0.717) is 4.68 Å². The van der Waals surface area contributed by atoms with Crippen LogP contribution in [0.4, 0.5) is 18.9 Å². The molecule has 34 heavy (non-hydrogen) atoms. The van der Waals surface area contributed by atoms with Gasteiger partial charge in [0.25, 0.3) is 5.91 Å². The Morgan fingerprint density at radius 3 is 2.62 bits per heavy atom. The van der Waals surface area contributed by atoms with Gasteiger partial charge in [-0.05, 0) is 12.1 Å². The number of carbonyl (C=O) groups is 1. The van der Waals surface area contributed by atoms with Crippen LogP contribution in [-0.2, 0) is 6.18 Å². The van der Waals surface area contributed by atoms with Crippen LogP contribution < -0.4 is 5.32 Å². The van der Waals surface area contributed by atoms with Crippen LogP contribution in [0.15, 0.2) is 53.9 Å². The Morgan fingerprint density at radius 1 is 1.09 bits per heavy atom. The summed E-state index contributed by atoms with van der Waals surface area (Å²) >= 11 is 0. The van der Waals surface area contributed by atoms with Crippen molar-refractivity contribution in [1.29, 1.82) is 5.26 Å². The van der Waals surface area contributed by atoms with Gasteiger partial charge in [0.15, 0.2) is 17.3 Å². The molecule has 15 heteroatoms. The standard InChI is InChI=1S/C19H9F3N10O2/c20-19(21,22)14-13(8-29-31(14)16-12-1-4-34-18(12)26-9-25-16)17(33)30-11-5-10(6-23)15(24-7-11)32-27-2-3-28-32/h1-5,7-9H,(H,30,33). The average Bonchev–Trinajstić information content (AvgIpc) is 3.58. The molecule has 12 nitrogen and oxygen atoms in total. The maximum atomic E-state index is 14.0. The summed E-state index contributed by atoms with van der Waals surface area (Å²) in [5.74, 6) is -1.25. The molecule has 1 amide bonds. The van der Waals surface area contributed by atoms with Gasteiger partial charge in [-0.15, -0.1) is 4.80 Å². The van der Waals surface area contributed by atoms with E-state index in [4.69, 9.17) is 4.42 Å². The molecular formula is C19H9F3N10O2. The maximum Gasteiger partial charge on any atom is 0.434 e. The molecule has 5 aromatic heterocycles. The van der Waals surface area contributed by atoms with Crippen LogP contribution in [0.5, 0.6) is 0 Å². The van der Waals surface area contributed by atoms with E-state index < -0.39 is 23.3 Å². The van der Waals surface area contributed by atoms with Gasteiger partial charge in [-0.25, -0.2) is 19.6 Å². The van der Waals surface area contributed by atoms with Crippen molar-refractivity contribution in [2.45, 2.75) is 6.18 Å². The van der Waals surface area contributed by atoms with Crippen LogP contribution in [0.3, 0.4) is 0 Å². The lowest BCUT2D eigenvalue weighted by molar-refractivity contribution is -0.143. The van der Waals surface area contributed by atoms with Crippen LogP contribution in [0.1, 0.15) is 21.6 Å². The molecule has 0 bridgehead atoms. The van der Waals surface area contributed by atoms with E-state index in [9.17, 15) is 23.2 Å². The number of hydrogen-bond acceptors (Lipinski definition) is 9. The fourth-order valence-electron chi connectivity index (χ4n) is 3.18. The molecule has 5 rings (SSSR count). The van der Waals surface area contributed by atoms with E-state index in [0.717, 1.165) is 23.5 Å². The van der Waals surface area contributed by atoms with Crippen molar-refractivity contribution < 1.29 is 22.4 Å². The van der Waals surface area contributed by atoms with Crippen molar-refractivity contribution >= 4 is 22.7 Å². The van der Waals surface area contributed by atoms with E-state index in [1.165, 1.54) is 30.8 Å². The third-order valence-electron chi connectivity index (χ3n) is 4.58. The fraction of sp³-hybridized carbons (Fsp3) is 0.0526. The number of nitriles is 1. The third-order valence-corrected chi connectivity index (χ3v) is 4.58. The normalized spacial score (nSPS) is 11.5. The SMILES string of the molecule is N#Cc1cc(NC(=O)c2cnn(-c3ncnc4occc34)c2C(F)(F)F)cnc1-n1nccn1. The third kappa shape index (κ3) is 3.48. The molecule has 168 valence electrons. The lowest BCUT2D eigenvalue weighted by atomic mass is 10.2. The predicted octanol–water partition coefficient (Wildman–Crippen LogP) is 2.53. The first-order valence-electron chi connectivity index (χ1n) is 9.29. The summed E-state index contributed by atoms with van der Waals surface area (Å²) in [5.41, 5.74) is -2.08. The monoisotopic (exact) mass is 466 g/mol. The highest BCUT2D eigenvalue weighted by Crippen LogP contribution is 2.35. The second-order valence-electron chi connectivity index (χ2n) is 6.63. The molecule has 0 aliphatic rings. The highest BCUT2D eigenvalue weighted by atomic mass is 19.4. The number of anilines is 1. The second kappa shape index (κ2) is 7.78. The lowest BCUT2D eigenvalue weighted by Crippen LogP contribution is -2.21. The van der Waals surface area contributed by atoms with Crippen LogP contribution in [0, 0.1) is 11.3 Å². The molecule has 5 heterocycles. The largest absolute Gasteiger partial charge is 0.446 e. The number of amides is 1.